The highest BCUT2D eigenvalue weighted by atomic mass is 14.9. The second-order valence-electron chi connectivity index (χ2n) is 6.94. The van der Waals surface area contributed by atoms with Crippen LogP contribution in [-0.2, 0) is 25.8 Å². The molecule has 2 aliphatic carbocycles. The molecule has 4 rings (SSSR count). The molecule has 1 aromatic carbocycles. The third kappa shape index (κ3) is 2.54. The first-order valence-electron chi connectivity index (χ1n) is 9.02. The second kappa shape index (κ2) is 6.00. The molecule has 2 nitrogen and oxygen atoms in total. The van der Waals surface area contributed by atoms with Crippen LogP contribution in [0.5, 0.6) is 0 Å². The molecule has 0 atom stereocenters. The van der Waals surface area contributed by atoms with Crippen molar-refractivity contribution in [2.75, 3.05) is 0 Å². The molecule has 22 heavy (non-hydrogen) atoms. The third-order valence-corrected chi connectivity index (χ3v) is 5.53. The fourth-order valence-electron chi connectivity index (χ4n) is 4.20. The molecule has 0 spiro atoms. The zero-order valence-corrected chi connectivity index (χ0v) is 13.6. The summed E-state index contributed by atoms with van der Waals surface area (Å²) in [4.78, 5) is 4.94. The number of rotatable bonds is 4. The van der Waals surface area contributed by atoms with Crippen LogP contribution in [-0.4, -0.2) is 11.0 Å². The predicted octanol–water partition coefficient (Wildman–Crippen LogP) is 4.32. The lowest BCUT2D eigenvalue weighted by atomic mass is 9.98. The predicted molar refractivity (Wildman–Crippen MR) is 92.2 cm³/mol. The molecule has 1 heterocycles. The maximum atomic E-state index is 4.94. The molecule has 1 aromatic heterocycles. The SMILES string of the molecule is CCc1ccc2nc3c(c(CNC4CCCC4)c2c1)CCC3. The van der Waals surface area contributed by atoms with Crippen molar-refractivity contribution in [3.8, 4) is 0 Å². The Bertz CT molecular complexity index is 684. The van der Waals surface area contributed by atoms with E-state index in [2.05, 4.69) is 30.4 Å². The van der Waals surface area contributed by atoms with Crippen LogP contribution in [0.25, 0.3) is 10.9 Å². The molecular weight excluding hydrogens is 268 g/mol. The van der Waals surface area contributed by atoms with Gasteiger partial charge in [0, 0.05) is 23.7 Å². The number of nitrogens with one attached hydrogen (secondary N) is 1. The number of hydrogen-bond acceptors (Lipinski definition) is 2. The number of aromatic nitrogens is 1. The summed E-state index contributed by atoms with van der Waals surface area (Å²) < 4.78 is 0. The molecule has 0 unspecified atom stereocenters. The molecule has 0 amide bonds. The number of nitrogens with zero attached hydrogens (tertiary/aromatic N) is 1. The Balaban J connectivity index is 1.75. The molecule has 0 aliphatic heterocycles. The first kappa shape index (κ1) is 14.2. The highest BCUT2D eigenvalue weighted by molar-refractivity contribution is 5.84. The van der Waals surface area contributed by atoms with Gasteiger partial charge in [0.05, 0.1) is 5.52 Å². The van der Waals surface area contributed by atoms with Gasteiger partial charge in [0.15, 0.2) is 0 Å². The molecule has 116 valence electrons. The largest absolute Gasteiger partial charge is 0.310 e. The average Bonchev–Trinajstić information content (AvgIpc) is 3.22. The van der Waals surface area contributed by atoms with Crippen molar-refractivity contribution in [3.05, 3.63) is 40.6 Å². The van der Waals surface area contributed by atoms with Crippen molar-refractivity contribution in [2.45, 2.75) is 70.9 Å². The standard InChI is InChI=1S/C20H26N2/c1-2-14-10-11-20-17(12-14)18(13-21-15-6-3-4-7-15)16-8-5-9-19(16)22-20/h10-12,15,21H,2-9,13H2,1H3. The van der Waals surface area contributed by atoms with E-state index in [1.165, 1.54) is 60.7 Å². The average molecular weight is 294 g/mol. The van der Waals surface area contributed by atoms with Gasteiger partial charge in [-0.3, -0.25) is 4.98 Å². The molecule has 2 heteroatoms. The number of pyridine rings is 1. The van der Waals surface area contributed by atoms with Crippen molar-refractivity contribution in [1.82, 2.24) is 10.3 Å². The topological polar surface area (TPSA) is 24.9 Å². The summed E-state index contributed by atoms with van der Waals surface area (Å²) in [5.74, 6) is 0. The van der Waals surface area contributed by atoms with Crippen molar-refractivity contribution in [3.63, 3.8) is 0 Å². The van der Waals surface area contributed by atoms with Gasteiger partial charge in [0.2, 0.25) is 0 Å². The van der Waals surface area contributed by atoms with Gasteiger partial charge in [0.1, 0.15) is 0 Å². The van der Waals surface area contributed by atoms with Gasteiger partial charge in [-0.15, -0.1) is 0 Å². The van der Waals surface area contributed by atoms with Gasteiger partial charge >= 0.3 is 0 Å². The summed E-state index contributed by atoms with van der Waals surface area (Å²) in [6, 6.07) is 7.58. The van der Waals surface area contributed by atoms with Gasteiger partial charge in [-0.05, 0) is 67.3 Å². The van der Waals surface area contributed by atoms with E-state index in [1.807, 2.05) is 0 Å². The highest BCUT2D eigenvalue weighted by Gasteiger charge is 2.21. The van der Waals surface area contributed by atoms with Crippen molar-refractivity contribution >= 4 is 10.9 Å². The van der Waals surface area contributed by atoms with E-state index < -0.39 is 0 Å². The first-order valence-corrected chi connectivity index (χ1v) is 9.02. The summed E-state index contributed by atoms with van der Waals surface area (Å²) in [7, 11) is 0. The van der Waals surface area contributed by atoms with Crippen molar-refractivity contribution < 1.29 is 0 Å². The van der Waals surface area contributed by atoms with E-state index in [9.17, 15) is 0 Å². The van der Waals surface area contributed by atoms with Crippen LogP contribution >= 0.6 is 0 Å². The lowest BCUT2D eigenvalue weighted by Crippen LogP contribution is -2.26. The minimum Gasteiger partial charge on any atom is -0.310 e. The smallest absolute Gasteiger partial charge is 0.0708 e. The van der Waals surface area contributed by atoms with Crippen molar-refractivity contribution in [2.24, 2.45) is 0 Å². The van der Waals surface area contributed by atoms with Gasteiger partial charge in [-0.1, -0.05) is 25.8 Å². The number of benzene rings is 1. The number of aryl methyl sites for hydroxylation is 2. The van der Waals surface area contributed by atoms with Crippen LogP contribution in [0.2, 0.25) is 0 Å². The molecule has 1 N–H and O–H groups in total. The zero-order chi connectivity index (χ0) is 14.9. The number of fused-ring (bicyclic) bond motifs is 2. The zero-order valence-electron chi connectivity index (χ0n) is 13.6. The summed E-state index contributed by atoms with van der Waals surface area (Å²) >= 11 is 0. The lowest BCUT2D eigenvalue weighted by Gasteiger charge is -2.17. The Morgan fingerprint density at radius 1 is 1.14 bits per heavy atom. The van der Waals surface area contributed by atoms with E-state index in [0.29, 0.717) is 0 Å². The third-order valence-electron chi connectivity index (χ3n) is 5.53. The monoisotopic (exact) mass is 294 g/mol. The molecule has 2 aromatic rings. The van der Waals surface area contributed by atoms with Crippen LogP contribution < -0.4 is 5.32 Å². The molecular formula is C20H26N2. The number of hydrogen-bond donors (Lipinski definition) is 1. The fourth-order valence-corrected chi connectivity index (χ4v) is 4.20. The minimum atomic E-state index is 0.731. The molecule has 0 bridgehead atoms. The van der Waals surface area contributed by atoms with Gasteiger partial charge in [0.25, 0.3) is 0 Å². The summed E-state index contributed by atoms with van der Waals surface area (Å²) in [6.45, 7) is 3.26. The quantitative estimate of drug-likeness (QED) is 0.908. The maximum absolute atomic E-state index is 4.94. The van der Waals surface area contributed by atoms with E-state index in [0.717, 1.165) is 25.4 Å². The Labute approximate surface area is 133 Å². The van der Waals surface area contributed by atoms with Crippen LogP contribution in [0.4, 0.5) is 0 Å². The normalized spacial score (nSPS) is 18.2. The van der Waals surface area contributed by atoms with Gasteiger partial charge in [-0.25, -0.2) is 0 Å². The maximum Gasteiger partial charge on any atom is 0.0708 e. The molecule has 1 saturated carbocycles. The van der Waals surface area contributed by atoms with Crippen LogP contribution in [0, 0.1) is 0 Å². The molecule has 1 fully saturated rings. The van der Waals surface area contributed by atoms with Gasteiger partial charge in [-0.2, -0.15) is 0 Å². The van der Waals surface area contributed by atoms with Gasteiger partial charge < -0.3 is 5.32 Å². The second-order valence-corrected chi connectivity index (χ2v) is 6.94. The van der Waals surface area contributed by atoms with E-state index in [1.54, 1.807) is 11.1 Å². The summed E-state index contributed by atoms with van der Waals surface area (Å²) in [5.41, 5.74) is 7.07. The van der Waals surface area contributed by atoms with Crippen LogP contribution in [0.3, 0.4) is 0 Å². The van der Waals surface area contributed by atoms with Crippen LogP contribution in [0.1, 0.15) is 61.4 Å². The minimum absolute atomic E-state index is 0.731. The summed E-state index contributed by atoms with van der Waals surface area (Å²) in [6.07, 6.45) is 10.3. The molecule has 0 radical (unpaired) electrons. The summed E-state index contributed by atoms with van der Waals surface area (Å²) in [5, 5.41) is 5.22. The Morgan fingerprint density at radius 2 is 2.00 bits per heavy atom. The van der Waals surface area contributed by atoms with Crippen molar-refractivity contribution in [1.29, 1.82) is 0 Å². The first-order chi connectivity index (χ1) is 10.8. The van der Waals surface area contributed by atoms with E-state index in [4.69, 9.17) is 4.98 Å². The van der Waals surface area contributed by atoms with E-state index >= 15 is 0 Å². The highest BCUT2D eigenvalue weighted by Crippen LogP contribution is 2.31. The molecule has 2 aliphatic rings. The lowest BCUT2D eigenvalue weighted by molar-refractivity contribution is 0.524. The van der Waals surface area contributed by atoms with Crippen LogP contribution in [0.15, 0.2) is 18.2 Å². The Kier molecular flexibility index (Phi) is 3.87. The molecule has 0 saturated heterocycles. The fraction of sp³-hybridized carbons (Fsp3) is 0.550. The Hall–Kier alpha value is -1.41. The Morgan fingerprint density at radius 3 is 2.82 bits per heavy atom. The van der Waals surface area contributed by atoms with E-state index in [-0.39, 0.29) is 0 Å².